The first-order valence-electron chi connectivity index (χ1n) is 9.18. The molecule has 2 saturated heterocycles. The van der Waals surface area contributed by atoms with Crippen LogP contribution in [-0.4, -0.2) is 37.1 Å². The predicted octanol–water partition coefficient (Wildman–Crippen LogP) is 3.60. The van der Waals surface area contributed by atoms with E-state index in [0.29, 0.717) is 6.61 Å². The molecule has 0 unspecified atom stereocenters. The van der Waals surface area contributed by atoms with Crippen LogP contribution < -0.4 is 14.4 Å². The van der Waals surface area contributed by atoms with Crippen molar-refractivity contribution in [1.82, 2.24) is 4.90 Å². The van der Waals surface area contributed by atoms with Gasteiger partial charge in [0.2, 0.25) is 5.91 Å². The Bertz CT molecular complexity index is 773. The van der Waals surface area contributed by atoms with Crippen molar-refractivity contribution in [2.45, 2.75) is 32.0 Å². The Labute approximate surface area is 154 Å². The van der Waals surface area contributed by atoms with Gasteiger partial charge in [0.05, 0.1) is 19.8 Å². The second-order valence-corrected chi connectivity index (χ2v) is 6.68. The predicted molar refractivity (Wildman–Crippen MR) is 101 cm³/mol. The highest BCUT2D eigenvalue weighted by molar-refractivity contribution is 6.00. The number of hydrogen-bond acceptors (Lipinski definition) is 4. The molecule has 2 aromatic carbocycles. The third kappa shape index (κ3) is 2.82. The topological polar surface area (TPSA) is 42.0 Å². The van der Waals surface area contributed by atoms with Crippen LogP contribution >= 0.6 is 0 Å². The molecule has 2 heterocycles. The molecule has 26 heavy (non-hydrogen) atoms. The summed E-state index contributed by atoms with van der Waals surface area (Å²) in [6, 6.07) is 15.8. The van der Waals surface area contributed by atoms with Crippen molar-refractivity contribution in [2.24, 2.45) is 0 Å². The molecule has 0 saturated carbocycles. The van der Waals surface area contributed by atoms with E-state index in [1.807, 2.05) is 48.2 Å². The second kappa shape index (κ2) is 7.00. The highest BCUT2D eigenvalue weighted by Crippen LogP contribution is 2.42. The summed E-state index contributed by atoms with van der Waals surface area (Å²) in [7, 11) is 1.65. The van der Waals surface area contributed by atoms with Gasteiger partial charge in [0.25, 0.3) is 0 Å². The molecule has 2 atom stereocenters. The molecular weight excluding hydrogens is 328 g/mol. The molecule has 0 aliphatic carbocycles. The summed E-state index contributed by atoms with van der Waals surface area (Å²) in [6.07, 6.45) is 1.93. The fourth-order valence-corrected chi connectivity index (χ4v) is 4.03. The Balaban J connectivity index is 1.71. The largest absolute Gasteiger partial charge is 0.497 e. The van der Waals surface area contributed by atoms with Gasteiger partial charge in [-0.05, 0) is 61.7 Å². The lowest BCUT2D eigenvalue weighted by atomic mass is 10.1. The summed E-state index contributed by atoms with van der Waals surface area (Å²) in [6.45, 7) is 3.57. The summed E-state index contributed by atoms with van der Waals surface area (Å²) in [5.41, 5.74) is 2.02. The van der Waals surface area contributed by atoms with Crippen molar-refractivity contribution in [3.8, 4) is 11.5 Å². The fraction of sp³-hybridized carbons (Fsp3) is 0.381. The number of hydrogen-bond donors (Lipinski definition) is 0. The quantitative estimate of drug-likeness (QED) is 0.824. The minimum absolute atomic E-state index is 0.0197. The molecule has 0 spiro atoms. The average Bonchev–Trinajstić information content (AvgIpc) is 3.25. The van der Waals surface area contributed by atoms with Crippen molar-refractivity contribution in [2.75, 3.05) is 25.2 Å². The normalized spacial score (nSPS) is 22.5. The van der Waals surface area contributed by atoms with Crippen LogP contribution in [0.3, 0.4) is 0 Å². The van der Waals surface area contributed by atoms with Crippen LogP contribution in [0, 0.1) is 0 Å². The van der Waals surface area contributed by atoms with Crippen molar-refractivity contribution in [3.63, 3.8) is 0 Å². The lowest BCUT2D eigenvalue weighted by molar-refractivity contribution is -0.119. The summed E-state index contributed by atoms with van der Waals surface area (Å²) < 4.78 is 10.8. The zero-order valence-corrected chi connectivity index (χ0v) is 15.2. The number of carbonyl (C=O) groups is 1. The second-order valence-electron chi connectivity index (χ2n) is 6.68. The molecule has 136 valence electrons. The number of nitrogens with zero attached hydrogens (tertiary/aromatic N) is 2. The molecular formula is C21H24N2O3. The van der Waals surface area contributed by atoms with Crippen LogP contribution in [0.2, 0.25) is 0 Å². The maximum atomic E-state index is 13.1. The lowest BCUT2D eigenvalue weighted by Crippen LogP contribution is -2.32. The SMILES string of the molecule is CCOc1ccc([C@H]2N(c3ccc(OC)cc3)C(=O)[C@@H]3CCCN32)cc1. The number of benzene rings is 2. The minimum atomic E-state index is -0.0703. The smallest absolute Gasteiger partial charge is 0.246 e. The molecule has 5 nitrogen and oxygen atoms in total. The Hall–Kier alpha value is -2.53. The van der Waals surface area contributed by atoms with Gasteiger partial charge in [-0.1, -0.05) is 12.1 Å². The van der Waals surface area contributed by atoms with E-state index < -0.39 is 0 Å². The maximum Gasteiger partial charge on any atom is 0.246 e. The molecule has 2 aliphatic rings. The molecule has 0 aromatic heterocycles. The first-order valence-corrected chi connectivity index (χ1v) is 9.18. The minimum Gasteiger partial charge on any atom is -0.497 e. The number of anilines is 1. The number of ether oxygens (including phenoxy) is 2. The van der Waals surface area contributed by atoms with Crippen molar-refractivity contribution >= 4 is 11.6 Å². The molecule has 0 bridgehead atoms. The Morgan fingerprint density at radius 3 is 2.38 bits per heavy atom. The van der Waals surface area contributed by atoms with Crippen molar-refractivity contribution in [3.05, 3.63) is 54.1 Å². The van der Waals surface area contributed by atoms with E-state index in [1.54, 1.807) is 7.11 Å². The van der Waals surface area contributed by atoms with E-state index in [1.165, 1.54) is 0 Å². The van der Waals surface area contributed by atoms with E-state index in [2.05, 4.69) is 17.0 Å². The number of carbonyl (C=O) groups excluding carboxylic acids is 1. The monoisotopic (exact) mass is 352 g/mol. The zero-order chi connectivity index (χ0) is 18.1. The number of methoxy groups -OCH3 is 1. The standard InChI is InChI=1S/C21H24N2O3/c1-3-26-18-10-6-15(7-11-18)20-22-14-4-5-19(22)21(24)23(20)16-8-12-17(25-2)13-9-16/h6-13,19-20H,3-5,14H2,1-2H3/t19-,20+/m0/s1. The van der Waals surface area contributed by atoms with E-state index in [0.717, 1.165) is 42.1 Å². The van der Waals surface area contributed by atoms with Crippen LogP contribution in [0.15, 0.2) is 48.5 Å². The zero-order valence-electron chi connectivity index (χ0n) is 15.2. The van der Waals surface area contributed by atoms with Crippen LogP contribution in [0.4, 0.5) is 5.69 Å². The number of rotatable bonds is 5. The molecule has 2 aliphatic heterocycles. The molecule has 2 aromatic rings. The van der Waals surface area contributed by atoms with Crippen molar-refractivity contribution < 1.29 is 14.3 Å². The van der Waals surface area contributed by atoms with Crippen LogP contribution in [0.1, 0.15) is 31.5 Å². The van der Waals surface area contributed by atoms with E-state index >= 15 is 0 Å². The average molecular weight is 352 g/mol. The number of fused-ring (bicyclic) bond motifs is 1. The molecule has 1 amide bonds. The van der Waals surface area contributed by atoms with E-state index in [-0.39, 0.29) is 18.1 Å². The van der Waals surface area contributed by atoms with Gasteiger partial charge in [0.15, 0.2) is 0 Å². The molecule has 5 heteroatoms. The Morgan fingerprint density at radius 2 is 1.73 bits per heavy atom. The first-order chi connectivity index (χ1) is 12.7. The Morgan fingerprint density at radius 1 is 1.04 bits per heavy atom. The summed E-state index contributed by atoms with van der Waals surface area (Å²) in [4.78, 5) is 17.4. The van der Waals surface area contributed by atoms with Crippen LogP contribution in [0.5, 0.6) is 11.5 Å². The summed E-state index contributed by atoms with van der Waals surface area (Å²) >= 11 is 0. The first kappa shape index (κ1) is 16.9. The van der Waals surface area contributed by atoms with Gasteiger partial charge in [-0.15, -0.1) is 0 Å². The Kier molecular flexibility index (Phi) is 4.55. The third-order valence-electron chi connectivity index (χ3n) is 5.22. The van der Waals surface area contributed by atoms with Crippen LogP contribution in [-0.2, 0) is 4.79 Å². The van der Waals surface area contributed by atoms with Gasteiger partial charge in [0.1, 0.15) is 17.7 Å². The summed E-state index contributed by atoms with van der Waals surface area (Å²) in [5.74, 6) is 1.83. The fourth-order valence-electron chi connectivity index (χ4n) is 4.03. The van der Waals surface area contributed by atoms with Gasteiger partial charge in [0, 0.05) is 12.2 Å². The van der Waals surface area contributed by atoms with E-state index in [9.17, 15) is 4.79 Å². The van der Waals surface area contributed by atoms with Gasteiger partial charge in [-0.25, -0.2) is 0 Å². The van der Waals surface area contributed by atoms with Crippen molar-refractivity contribution in [1.29, 1.82) is 0 Å². The number of amides is 1. The van der Waals surface area contributed by atoms with E-state index in [4.69, 9.17) is 9.47 Å². The van der Waals surface area contributed by atoms with Gasteiger partial charge in [-0.3, -0.25) is 14.6 Å². The molecule has 2 fully saturated rings. The highest BCUT2D eigenvalue weighted by Gasteiger charge is 2.49. The summed E-state index contributed by atoms with van der Waals surface area (Å²) in [5, 5.41) is 0. The molecule has 0 N–H and O–H groups in total. The third-order valence-corrected chi connectivity index (χ3v) is 5.22. The van der Waals surface area contributed by atoms with Gasteiger partial charge < -0.3 is 9.47 Å². The van der Waals surface area contributed by atoms with Crippen LogP contribution in [0.25, 0.3) is 0 Å². The van der Waals surface area contributed by atoms with Gasteiger partial charge in [-0.2, -0.15) is 0 Å². The molecule has 4 rings (SSSR count). The molecule has 0 radical (unpaired) electrons. The maximum absolute atomic E-state index is 13.1. The highest BCUT2D eigenvalue weighted by atomic mass is 16.5. The lowest BCUT2D eigenvalue weighted by Gasteiger charge is -2.30. The van der Waals surface area contributed by atoms with Gasteiger partial charge >= 0.3 is 0 Å².